The van der Waals surface area contributed by atoms with Gasteiger partial charge in [-0.1, -0.05) is 23.9 Å². The fourth-order valence-electron chi connectivity index (χ4n) is 3.26. The molecule has 1 aliphatic heterocycles. The Bertz CT molecular complexity index is 999. The summed E-state index contributed by atoms with van der Waals surface area (Å²) in [6.07, 6.45) is 4.39. The lowest BCUT2D eigenvalue weighted by molar-refractivity contribution is 0.241. The molecule has 0 saturated heterocycles. The van der Waals surface area contributed by atoms with E-state index in [1.54, 1.807) is 12.3 Å². The number of thioether (sulfide) groups is 1. The highest BCUT2D eigenvalue weighted by Crippen LogP contribution is 2.25. The SMILES string of the molecule is CSc1nc2c(c(=O)[nH]1)CN(Cc1cn[nH]c1-c1cccc(F)c1)CC2. The molecular formula is C18H18FN5OS. The van der Waals surface area contributed by atoms with Crippen LogP contribution in [0.25, 0.3) is 11.3 Å². The normalized spacial score (nSPS) is 14.4. The summed E-state index contributed by atoms with van der Waals surface area (Å²) in [7, 11) is 0. The molecule has 2 aromatic heterocycles. The van der Waals surface area contributed by atoms with Crippen molar-refractivity contribution in [2.24, 2.45) is 0 Å². The molecule has 0 unspecified atom stereocenters. The van der Waals surface area contributed by atoms with E-state index in [0.29, 0.717) is 18.2 Å². The number of hydrogen-bond acceptors (Lipinski definition) is 5. The molecule has 0 atom stereocenters. The lowest BCUT2D eigenvalue weighted by Crippen LogP contribution is -2.35. The molecule has 0 amide bonds. The average molecular weight is 371 g/mol. The van der Waals surface area contributed by atoms with Crippen LogP contribution < -0.4 is 5.56 Å². The van der Waals surface area contributed by atoms with Gasteiger partial charge >= 0.3 is 0 Å². The van der Waals surface area contributed by atoms with Crippen LogP contribution >= 0.6 is 11.8 Å². The summed E-state index contributed by atoms with van der Waals surface area (Å²) >= 11 is 1.44. The largest absolute Gasteiger partial charge is 0.301 e. The summed E-state index contributed by atoms with van der Waals surface area (Å²) < 4.78 is 13.5. The third-order valence-corrected chi connectivity index (χ3v) is 5.12. The number of fused-ring (bicyclic) bond motifs is 1. The first kappa shape index (κ1) is 17.0. The quantitative estimate of drug-likeness (QED) is 0.544. The Labute approximate surface area is 153 Å². The lowest BCUT2D eigenvalue weighted by atomic mass is 10.0. The molecule has 8 heteroatoms. The summed E-state index contributed by atoms with van der Waals surface area (Å²) in [4.78, 5) is 21.8. The van der Waals surface area contributed by atoms with Gasteiger partial charge in [0.25, 0.3) is 5.56 Å². The maximum atomic E-state index is 13.5. The van der Waals surface area contributed by atoms with Crippen molar-refractivity contribution in [2.75, 3.05) is 12.8 Å². The summed E-state index contributed by atoms with van der Waals surface area (Å²) in [5.74, 6) is -0.280. The second kappa shape index (κ2) is 7.05. The van der Waals surface area contributed by atoms with E-state index in [0.717, 1.165) is 41.0 Å². The van der Waals surface area contributed by atoms with Crippen LogP contribution in [0.3, 0.4) is 0 Å². The highest BCUT2D eigenvalue weighted by molar-refractivity contribution is 7.98. The van der Waals surface area contributed by atoms with Gasteiger partial charge in [-0.3, -0.25) is 14.8 Å². The van der Waals surface area contributed by atoms with Gasteiger partial charge in [-0.2, -0.15) is 5.10 Å². The fraction of sp³-hybridized carbons (Fsp3) is 0.278. The van der Waals surface area contributed by atoms with Crippen molar-refractivity contribution < 1.29 is 4.39 Å². The zero-order chi connectivity index (χ0) is 18.1. The Morgan fingerprint density at radius 1 is 1.38 bits per heavy atom. The van der Waals surface area contributed by atoms with Gasteiger partial charge in [0.1, 0.15) is 5.82 Å². The van der Waals surface area contributed by atoms with Crippen LogP contribution in [0.1, 0.15) is 16.8 Å². The molecule has 0 spiro atoms. The smallest absolute Gasteiger partial charge is 0.256 e. The van der Waals surface area contributed by atoms with Gasteiger partial charge in [-0.05, 0) is 18.4 Å². The van der Waals surface area contributed by atoms with Gasteiger partial charge in [-0.25, -0.2) is 9.37 Å². The first-order valence-electron chi connectivity index (χ1n) is 8.30. The maximum Gasteiger partial charge on any atom is 0.256 e. The van der Waals surface area contributed by atoms with Crippen molar-refractivity contribution in [1.29, 1.82) is 0 Å². The lowest BCUT2D eigenvalue weighted by Gasteiger charge is -2.27. The van der Waals surface area contributed by atoms with Crippen molar-refractivity contribution in [3.8, 4) is 11.3 Å². The highest BCUT2D eigenvalue weighted by Gasteiger charge is 2.22. The zero-order valence-corrected chi connectivity index (χ0v) is 15.1. The zero-order valence-electron chi connectivity index (χ0n) is 14.3. The van der Waals surface area contributed by atoms with Gasteiger partial charge in [0.2, 0.25) is 0 Å². The van der Waals surface area contributed by atoms with Crippen LogP contribution in [-0.4, -0.2) is 37.9 Å². The molecule has 0 fully saturated rings. The van der Waals surface area contributed by atoms with E-state index in [1.807, 2.05) is 12.3 Å². The number of aromatic nitrogens is 4. The standard InChI is InChI=1S/C18H18FN5OS/c1-26-18-21-15-5-6-24(10-14(15)17(25)22-18)9-12-8-20-23-16(12)11-3-2-4-13(19)7-11/h2-4,7-8H,5-6,9-10H2,1H3,(H,20,23)(H,21,22,25). The molecule has 3 heterocycles. The molecule has 4 rings (SSSR count). The Morgan fingerprint density at radius 2 is 2.27 bits per heavy atom. The molecule has 26 heavy (non-hydrogen) atoms. The summed E-state index contributed by atoms with van der Waals surface area (Å²) in [6.45, 7) is 1.98. The number of hydrogen-bond donors (Lipinski definition) is 2. The minimum atomic E-state index is -0.280. The third kappa shape index (κ3) is 3.30. The van der Waals surface area contributed by atoms with E-state index in [-0.39, 0.29) is 11.4 Å². The third-order valence-electron chi connectivity index (χ3n) is 4.54. The van der Waals surface area contributed by atoms with Gasteiger partial charge in [0.15, 0.2) is 5.16 Å². The topological polar surface area (TPSA) is 77.7 Å². The predicted molar refractivity (Wildman–Crippen MR) is 98.4 cm³/mol. The number of nitrogens with one attached hydrogen (secondary N) is 2. The summed E-state index contributed by atoms with van der Waals surface area (Å²) in [6, 6.07) is 6.44. The van der Waals surface area contributed by atoms with Crippen molar-refractivity contribution >= 4 is 11.8 Å². The van der Waals surface area contributed by atoms with Gasteiger partial charge in [0.05, 0.1) is 23.1 Å². The molecule has 0 radical (unpaired) electrons. The predicted octanol–water partition coefficient (Wildman–Crippen LogP) is 2.58. The van der Waals surface area contributed by atoms with Crippen LogP contribution in [0, 0.1) is 5.82 Å². The van der Waals surface area contributed by atoms with E-state index in [2.05, 4.69) is 25.1 Å². The highest BCUT2D eigenvalue weighted by atomic mass is 32.2. The first-order chi connectivity index (χ1) is 12.6. The second-order valence-electron chi connectivity index (χ2n) is 6.24. The number of rotatable bonds is 4. The molecule has 134 valence electrons. The van der Waals surface area contributed by atoms with Gasteiger partial charge in [0, 0.05) is 37.2 Å². The number of H-pyrrole nitrogens is 2. The molecule has 1 aliphatic rings. The van der Waals surface area contributed by atoms with E-state index < -0.39 is 0 Å². The first-order valence-corrected chi connectivity index (χ1v) is 9.53. The molecule has 6 nitrogen and oxygen atoms in total. The van der Waals surface area contributed by atoms with Gasteiger partial charge in [-0.15, -0.1) is 0 Å². The van der Waals surface area contributed by atoms with Crippen LogP contribution in [0.4, 0.5) is 4.39 Å². The Balaban J connectivity index is 1.57. The summed E-state index contributed by atoms with van der Waals surface area (Å²) in [5.41, 5.74) is 4.08. The van der Waals surface area contributed by atoms with Crippen molar-refractivity contribution in [3.63, 3.8) is 0 Å². The molecule has 3 aromatic rings. The van der Waals surface area contributed by atoms with Crippen molar-refractivity contribution in [1.82, 2.24) is 25.1 Å². The van der Waals surface area contributed by atoms with Crippen LogP contribution in [0.2, 0.25) is 0 Å². The number of halogens is 1. The minimum Gasteiger partial charge on any atom is -0.301 e. The number of benzene rings is 1. The van der Waals surface area contributed by atoms with Crippen molar-refractivity contribution in [3.05, 3.63) is 63.5 Å². The average Bonchev–Trinajstić information content (AvgIpc) is 3.10. The minimum absolute atomic E-state index is 0.0680. The molecule has 2 N–H and O–H groups in total. The van der Waals surface area contributed by atoms with Crippen LogP contribution in [0.15, 0.2) is 40.4 Å². The van der Waals surface area contributed by atoms with Crippen LogP contribution in [0.5, 0.6) is 0 Å². The molecule has 0 aliphatic carbocycles. The van der Waals surface area contributed by atoms with Crippen LogP contribution in [-0.2, 0) is 19.5 Å². The number of aromatic amines is 2. The molecular weight excluding hydrogens is 353 g/mol. The molecule has 1 aromatic carbocycles. The Kier molecular flexibility index (Phi) is 4.60. The molecule has 0 saturated carbocycles. The van der Waals surface area contributed by atoms with E-state index in [1.165, 1.54) is 23.9 Å². The maximum absolute atomic E-state index is 13.5. The fourth-order valence-corrected chi connectivity index (χ4v) is 3.65. The summed E-state index contributed by atoms with van der Waals surface area (Å²) in [5, 5.41) is 7.74. The van der Waals surface area contributed by atoms with Gasteiger partial charge < -0.3 is 4.98 Å². The van der Waals surface area contributed by atoms with E-state index in [9.17, 15) is 9.18 Å². The Morgan fingerprint density at radius 3 is 3.08 bits per heavy atom. The second-order valence-corrected chi connectivity index (χ2v) is 7.04. The molecule has 0 bridgehead atoms. The van der Waals surface area contributed by atoms with E-state index >= 15 is 0 Å². The Hall–Kier alpha value is -2.45. The number of nitrogens with zero attached hydrogens (tertiary/aromatic N) is 3. The van der Waals surface area contributed by atoms with Crippen molar-refractivity contribution in [2.45, 2.75) is 24.7 Å². The van der Waals surface area contributed by atoms with E-state index in [4.69, 9.17) is 0 Å². The monoisotopic (exact) mass is 371 g/mol.